The van der Waals surface area contributed by atoms with Gasteiger partial charge in [0.15, 0.2) is 0 Å². The molecule has 0 spiro atoms. The van der Waals surface area contributed by atoms with E-state index in [0.717, 1.165) is 31.6 Å². The number of hydrogen-bond acceptors (Lipinski definition) is 3. The van der Waals surface area contributed by atoms with Crippen molar-refractivity contribution in [1.82, 2.24) is 5.43 Å². The van der Waals surface area contributed by atoms with Gasteiger partial charge in [0.25, 0.3) is 0 Å². The van der Waals surface area contributed by atoms with Crippen molar-refractivity contribution >= 4 is 0 Å². The molecule has 84 valence electrons. The van der Waals surface area contributed by atoms with Crippen molar-refractivity contribution in [3.63, 3.8) is 0 Å². The molecule has 1 heterocycles. The van der Waals surface area contributed by atoms with Crippen LogP contribution < -0.4 is 16.0 Å². The highest BCUT2D eigenvalue weighted by atomic mass is 16.5. The number of rotatable bonds is 4. The van der Waals surface area contributed by atoms with Gasteiger partial charge in [0, 0.05) is 18.9 Å². The highest BCUT2D eigenvalue weighted by Crippen LogP contribution is 2.29. The number of hydrogen-bond donors (Lipinski definition) is 2. The maximum atomic E-state index is 5.54. The average molecular weight is 216 g/mol. The molecule has 0 radical (unpaired) electrons. The van der Waals surface area contributed by atoms with Crippen LogP contribution in [0.15, 0.2) is 18.2 Å². The lowest BCUT2D eigenvalue weighted by molar-refractivity contribution is 0.356. The molecule has 0 bridgehead atoms. The van der Waals surface area contributed by atoms with Crippen LogP contribution in [0.5, 0.6) is 5.75 Å². The molecule has 0 aromatic heterocycles. The molecule has 1 atom stereocenters. The SMILES string of the molecule is C#CCCC(NN)c1ccc2c(c1)CCO2. The Morgan fingerprint density at radius 1 is 1.56 bits per heavy atom. The van der Waals surface area contributed by atoms with Crippen molar-refractivity contribution < 1.29 is 4.74 Å². The molecule has 1 unspecified atom stereocenters. The molecule has 3 heteroatoms. The minimum Gasteiger partial charge on any atom is -0.493 e. The first-order valence-corrected chi connectivity index (χ1v) is 5.50. The highest BCUT2D eigenvalue weighted by Gasteiger charge is 2.15. The first-order valence-electron chi connectivity index (χ1n) is 5.50. The molecule has 1 aromatic rings. The van der Waals surface area contributed by atoms with Crippen LogP contribution in [0, 0.1) is 12.3 Å². The van der Waals surface area contributed by atoms with Gasteiger partial charge in [0.1, 0.15) is 5.75 Å². The van der Waals surface area contributed by atoms with E-state index in [1.165, 1.54) is 11.1 Å². The molecule has 3 nitrogen and oxygen atoms in total. The molecule has 0 fully saturated rings. The Labute approximate surface area is 96.0 Å². The molecule has 3 N–H and O–H groups in total. The first-order chi connectivity index (χ1) is 7.85. The minimum absolute atomic E-state index is 0.127. The smallest absolute Gasteiger partial charge is 0.122 e. The van der Waals surface area contributed by atoms with Gasteiger partial charge in [-0.2, -0.15) is 0 Å². The van der Waals surface area contributed by atoms with Crippen LogP contribution >= 0.6 is 0 Å². The maximum absolute atomic E-state index is 5.54. The molecule has 0 saturated heterocycles. The molecule has 0 amide bonds. The zero-order valence-electron chi connectivity index (χ0n) is 9.20. The zero-order valence-corrected chi connectivity index (χ0v) is 9.20. The Bertz CT molecular complexity index is 409. The topological polar surface area (TPSA) is 47.3 Å². The fourth-order valence-electron chi connectivity index (χ4n) is 2.00. The van der Waals surface area contributed by atoms with Crippen molar-refractivity contribution in [1.29, 1.82) is 0 Å². The molecule has 1 aliphatic heterocycles. The van der Waals surface area contributed by atoms with E-state index in [1.54, 1.807) is 0 Å². The second kappa shape index (κ2) is 5.02. The van der Waals surface area contributed by atoms with Gasteiger partial charge in [0.05, 0.1) is 6.61 Å². The summed E-state index contributed by atoms with van der Waals surface area (Å²) in [5.41, 5.74) is 5.25. The summed E-state index contributed by atoms with van der Waals surface area (Å²) in [5.74, 6) is 9.17. The first kappa shape index (κ1) is 11.0. The molecular weight excluding hydrogens is 200 g/mol. The Morgan fingerprint density at radius 2 is 2.44 bits per heavy atom. The minimum atomic E-state index is 0.127. The largest absolute Gasteiger partial charge is 0.493 e. The van der Waals surface area contributed by atoms with Gasteiger partial charge in [-0.05, 0) is 23.6 Å². The Balaban J connectivity index is 2.16. The predicted molar refractivity (Wildman–Crippen MR) is 63.8 cm³/mol. The van der Waals surface area contributed by atoms with Gasteiger partial charge in [-0.25, -0.2) is 0 Å². The summed E-state index contributed by atoms with van der Waals surface area (Å²) < 4.78 is 5.46. The normalized spacial score (nSPS) is 15.0. The molecular formula is C13H16N2O. The molecule has 16 heavy (non-hydrogen) atoms. The Kier molecular flexibility index (Phi) is 3.45. The van der Waals surface area contributed by atoms with Crippen LogP contribution in [0.1, 0.15) is 30.0 Å². The Hall–Kier alpha value is -1.50. The second-order valence-corrected chi connectivity index (χ2v) is 3.93. The van der Waals surface area contributed by atoms with Crippen molar-refractivity contribution in [2.45, 2.75) is 25.3 Å². The third kappa shape index (κ3) is 2.19. The zero-order chi connectivity index (χ0) is 11.4. The maximum Gasteiger partial charge on any atom is 0.122 e. The lowest BCUT2D eigenvalue weighted by Gasteiger charge is -2.15. The van der Waals surface area contributed by atoms with Crippen LogP contribution in [0.3, 0.4) is 0 Å². The van der Waals surface area contributed by atoms with Gasteiger partial charge in [-0.1, -0.05) is 12.1 Å². The van der Waals surface area contributed by atoms with Crippen molar-refractivity contribution in [3.8, 4) is 18.1 Å². The summed E-state index contributed by atoms with van der Waals surface area (Å²) in [7, 11) is 0. The van der Waals surface area contributed by atoms with Gasteiger partial charge in [-0.15, -0.1) is 12.3 Å². The van der Waals surface area contributed by atoms with Gasteiger partial charge in [0.2, 0.25) is 0 Å². The Morgan fingerprint density at radius 3 is 3.19 bits per heavy atom. The van der Waals surface area contributed by atoms with Crippen LogP contribution in [0.4, 0.5) is 0 Å². The third-order valence-corrected chi connectivity index (χ3v) is 2.89. The van der Waals surface area contributed by atoms with Gasteiger partial charge in [-0.3, -0.25) is 11.3 Å². The number of nitrogens with one attached hydrogen (secondary N) is 1. The van der Waals surface area contributed by atoms with E-state index in [-0.39, 0.29) is 6.04 Å². The summed E-state index contributed by atoms with van der Waals surface area (Å²) in [6, 6.07) is 6.34. The van der Waals surface area contributed by atoms with E-state index in [0.29, 0.717) is 0 Å². The predicted octanol–water partition coefficient (Wildman–Crippen LogP) is 1.54. The van der Waals surface area contributed by atoms with E-state index in [1.807, 2.05) is 12.1 Å². The standard InChI is InChI=1S/C13H16N2O/c1-2-3-4-12(15-14)10-5-6-13-11(9-10)7-8-16-13/h1,5-6,9,12,15H,3-4,7-8,14H2. The molecule has 1 aromatic carbocycles. The number of fused-ring (bicyclic) bond motifs is 1. The van der Waals surface area contributed by atoms with Crippen LogP contribution in [-0.4, -0.2) is 6.61 Å². The number of hydrazine groups is 1. The average Bonchev–Trinajstić information content (AvgIpc) is 2.77. The van der Waals surface area contributed by atoms with E-state index >= 15 is 0 Å². The number of benzene rings is 1. The van der Waals surface area contributed by atoms with Gasteiger partial charge >= 0.3 is 0 Å². The van der Waals surface area contributed by atoms with Crippen LogP contribution in [0.25, 0.3) is 0 Å². The fourth-order valence-corrected chi connectivity index (χ4v) is 2.00. The molecule has 1 aliphatic rings. The number of terminal acetylenes is 1. The van der Waals surface area contributed by atoms with Gasteiger partial charge < -0.3 is 4.74 Å². The van der Waals surface area contributed by atoms with Crippen molar-refractivity contribution in [3.05, 3.63) is 29.3 Å². The van der Waals surface area contributed by atoms with E-state index in [9.17, 15) is 0 Å². The lowest BCUT2D eigenvalue weighted by Crippen LogP contribution is -2.27. The third-order valence-electron chi connectivity index (χ3n) is 2.89. The number of ether oxygens (including phenoxy) is 1. The van der Waals surface area contributed by atoms with Crippen LogP contribution in [-0.2, 0) is 6.42 Å². The quantitative estimate of drug-likeness (QED) is 0.456. The van der Waals surface area contributed by atoms with E-state index < -0.39 is 0 Å². The van der Waals surface area contributed by atoms with Crippen LogP contribution in [0.2, 0.25) is 0 Å². The summed E-state index contributed by atoms with van der Waals surface area (Å²) in [6.07, 6.45) is 7.82. The van der Waals surface area contributed by atoms with Crippen molar-refractivity contribution in [2.75, 3.05) is 6.61 Å². The molecule has 2 rings (SSSR count). The summed E-state index contributed by atoms with van der Waals surface area (Å²) in [4.78, 5) is 0. The summed E-state index contributed by atoms with van der Waals surface area (Å²) in [5, 5.41) is 0. The van der Waals surface area contributed by atoms with E-state index in [2.05, 4.69) is 17.4 Å². The number of nitrogens with two attached hydrogens (primary N) is 1. The van der Waals surface area contributed by atoms with E-state index in [4.69, 9.17) is 17.0 Å². The fraction of sp³-hybridized carbons (Fsp3) is 0.385. The van der Waals surface area contributed by atoms with Crippen molar-refractivity contribution in [2.24, 2.45) is 5.84 Å². The molecule has 0 aliphatic carbocycles. The second-order valence-electron chi connectivity index (χ2n) is 3.93. The summed E-state index contributed by atoms with van der Waals surface area (Å²) in [6.45, 7) is 0.782. The summed E-state index contributed by atoms with van der Waals surface area (Å²) >= 11 is 0. The lowest BCUT2D eigenvalue weighted by atomic mass is 9.99. The highest BCUT2D eigenvalue weighted by molar-refractivity contribution is 5.40. The monoisotopic (exact) mass is 216 g/mol. The molecule has 0 saturated carbocycles.